The lowest BCUT2D eigenvalue weighted by atomic mass is 10.2. The first-order chi connectivity index (χ1) is 26.4. The van der Waals surface area contributed by atoms with Gasteiger partial charge in [-0.3, -0.25) is 4.98 Å². The Bertz CT molecular complexity index is 2100. The predicted molar refractivity (Wildman–Crippen MR) is 212 cm³/mol. The maximum absolute atomic E-state index is 14.3. The first kappa shape index (κ1) is 41.8. The molecule has 1 aromatic heterocycles. The van der Waals surface area contributed by atoms with E-state index in [1.54, 1.807) is 139 Å². The van der Waals surface area contributed by atoms with Crippen molar-refractivity contribution in [2.24, 2.45) is 0 Å². The Morgan fingerprint density at radius 3 is 1.30 bits per heavy atom. The Morgan fingerprint density at radius 2 is 0.911 bits per heavy atom. The second-order valence-corrected chi connectivity index (χ2v) is 19.2. The van der Waals surface area contributed by atoms with E-state index in [2.05, 4.69) is 4.98 Å². The third kappa shape index (κ3) is 11.6. The molecule has 5 rings (SSSR count). The topological polar surface area (TPSA) is 137 Å². The normalized spacial score (nSPS) is 12.3. The fraction of sp³-hybridized carbons (Fsp3) is 0.279. The Balaban J connectivity index is 1.58. The van der Waals surface area contributed by atoms with E-state index in [0.29, 0.717) is 38.5 Å². The van der Waals surface area contributed by atoms with Gasteiger partial charge in [0, 0.05) is 27.1 Å². The van der Waals surface area contributed by atoms with Gasteiger partial charge in [0.1, 0.15) is 35.1 Å². The summed E-state index contributed by atoms with van der Waals surface area (Å²) in [5, 5.41) is 0. The number of ether oxygens (including phenoxy) is 5. The average molecular weight is 802 g/mol. The second kappa shape index (κ2) is 17.6. The molecule has 5 aromatic rings. The Kier molecular flexibility index (Phi) is 13.1. The molecule has 0 unspecified atom stereocenters. The monoisotopic (exact) mass is 801 g/mol. The molecule has 296 valence electrons. The van der Waals surface area contributed by atoms with Gasteiger partial charge in [0.05, 0.1) is 4.90 Å². The number of carbonyl (C=O) groups is 2. The molecular weight excluding hydrogens is 755 g/mol. The van der Waals surface area contributed by atoms with Gasteiger partial charge in [0.25, 0.3) is 0 Å². The number of hydrogen-bond donors (Lipinski definition) is 0. The quantitative estimate of drug-likeness (QED) is 0.0939. The summed E-state index contributed by atoms with van der Waals surface area (Å²) in [6, 6.07) is 30.7. The fourth-order valence-corrected chi connectivity index (χ4v) is 10.4. The van der Waals surface area contributed by atoms with Gasteiger partial charge in [0.15, 0.2) is 13.2 Å². The van der Waals surface area contributed by atoms with Crippen LogP contribution in [0.5, 0.6) is 17.2 Å². The maximum atomic E-state index is 14.3. The van der Waals surface area contributed by atoms with Gasteiger partial charge in [0.2, 0.25) is 0 Å². The summed E-state index contributed by atoms with van der Waals surface area (Å²) in [5.74, 6) is 0.209. The molecule has 0 bridgehead atoms. The molecule has 0 amide bonds. The smallest absolute Gasteiger partial charge is 0.344 e. The minimum absolute atomic E-state index is 0.0214. The zero-order valence-electron chi connectivity index (χ0n) is 32.5. The minimum atomic E-state index is -4.42. The first-order valence-corrected chi connectivity index (χ1v) is 20.8. The van der Waals surface area contributed by atoms with E-state index in [4.69, 9.17) is 27.3 Å². The number of aromatic nitrogens is 1. The Hall–Kier alpha value is -5.37. The van der Waals surface area contributed by atoms with Crippen molar-refractivity contribution in [3.05, 3.63) is 133 Å². The lowest BCUT2D eigenvalue weighted by molar-refractivity contribution is -0.158. The van der Waals surface area contributed by atoms with Crippen LogP contribution in [-0.2, 0) is 39.4 Å². The van der Waals surface area contributed by atoms with Crippen LogP contribution in [0, 0.1) is 6.92 Å². The third-order valence-corrected chi connectivity index (χ3v) is 12.9. The van der Waals surface area contributed by atoms with Gasteiger partial charge in [-0.05, 0) is 161 Å². The number of aryl methyl sites for hydroxylation is 1. The molecule has 0 saturated carbocycles. The molecule has 0 N–H and O–H groups in total. The molecule has 0 spiro atoms. The van der Waals surface area contributed by atoms with E-state index in [-0.39, 0.29) is 18.1 Å². The van der Waals surface area contributed by atoms with Crippen molar-refractivity contribution in [2.75, 3.05) is 13.2 Å². The lowest BCUT2D eigenvalue weighted by Crippen LogP contribution is -2.27. The summed E-state index contributed by atoms with van der Waals surface area (Å²) in [7, 11) is -7.54. The van der Waals surface area contributed by atoms with Gasteiger partial charge in [-0.1, -0.05) is 17.7 Å². The molecule has 0 atom stereocenters. The molecule has 1 heterocycles. The van der Waals surface area contributed by atoms with Crippen molar-refractivity contribution in [3.8, 4) is 17.2 Å². The number of rotatable bonds is 15. The molecular formula is C43H47NO10S2. The number of benzene rings is 4. The van der Waals surface area contributed by atoms with Crippen LogP contribution in [0.15, 0.2) is 141 Å². The maximum Gasteiger partial charge on any atom is 0.344 e. The van der Waals surface area contributed by atoms with Gasteiger partial charge >= 0.3 is 22.1 Å². The van der Waals surface area contributed by atoms with E-state index in [1.807, 2.05) is 19.1 Å². The molecule has 0 radical (unpaired) electrons. The molecule has 0 aliphatic carbocycles. The van der Waals surface area contributed by atoms with E-state index < -0.39 is 43.6 Å². The average Bonchev–Trinajstić information content (AvgIpc) is 3.14. The van der Waals surface area contributed by atoms with Crippen LogP contribution in [0.3, 0.4) is 0 Å². The van der Waals surface area contributed by atoms with Crippen LogP contribution in [0.2, 0.25) is 0 Å². The van der Waals surface area contributed by atoms with E-state index >= 15 is 0 Å². The summed E-state index contributed by atoms with van der Waals surface area (Å²) in [6.07, 6.45) is 3.38. The van der Waals surface area contributed by atoms with Crippen LogP contribution in [0.1, 0.15) is 52.7 Å². The highest BCUT2D eigenvalue weighted by Gasteiger charge is 2.39. The molecule has 4 aromatic carbocycles. The summed E-state index contributed by atoms with van der Waals surface area (Å²) in [6.45, 7) is 12.1. The van der Waals surface area contributed by atoms with E-state index in [0.717, 1.165) is 11.1 Å². The minimum Gasteiger partial charge on any atom is -0.489 e. The summed E-state index contributed by atoms with van der Waals surface area (Å²) < 4.78 is 63.5. The molecule has 56 heavy (non-hydrogen) atoms. The zero-order valence-corrected chi connectivity index (χ0v) is 34.1. The number of nitrogens with zero attached hydrogens (tertiary/aromatic N) is 1. The predicted octanol–water partition coefficient (Wildman–Crippen LogP) is 9.01. The molecule has 11 nitrogen and oxygen atoms in total. The van der Waals surface area contributed by atoms with E-state index in [1.165, 1.54) is 12.1 Å². The van der Waals surface area contributed by atoms with Crippen LogP contribution in [0.4, 0.5) is 0 Å². The Morgan fingerprint density at radius 1 is 0.536 bits per heavy atom. The number of hydrogen-bond acceptors (Lipinski definition) is 11. The van der Waals surface area contributed by atoms with Crippen molar-refractivity contribution in [3.63, 3.8) is 0 Å². The van der Waals surface area contributed by atoms with Crippen LogP contribution in [0.25, 0.3) is 0 Å². The fourth-order valence-electron chi connectivity index (χ4n) is 5.26. The largest absolute Gasteiger partial charge is 0.489 e. The van der Waals surface area contributed by atoms with Crippen LogP contribution < -0.4 is 14.2 Å². The zero-order chi connectivity index (χ0) is 40.6. The second-order valence-electron chi connectivity index (χ2n) is 14.7. The van der Waals surface area contributed by atoms with Crippen molar-refractivity contribution in [1.82, 2.24) is 4.98 Å². The van der Waals surface area contributed by atoms with Crippen molar-refractivity contribution < 1.29 is 45.3 Å². The van der Waals surface area contributed by atoms with Gasteiger partial charge in [-0.25, -0.2) is 13.2 Å². The summed E-state index contributed by atoms with van der Waals surface area (Å²) in [4.78, 5) is 30.4. The number of esters is 2. The molecule has 13 heteroatoms. The highest BCUT2D eigenvalue weighted by molar-refractivity contribution is 8.33. The lowest BCUT2D eigenvalue weighted by Gasteiger charge is -2.39. The van der Waals surface area contributed by atoms with Gasteiger partial charge in [-0.2, -0.15) is 8.42 Å². The highest BCUT2D eigenvalue weighted by atomic mass is 32.3. The van der Waals surface area contributed by atoms with Crippen molar-refractivity contribution in [1.29, 1.82) is 0 Å². The third-order valence-electron chi connectivity index (χ3n) is 7.68. The Labute approximate surface area is 330 Å². The molecule has 0 aliphatic heterocycles. The number of pyridine rings is 1. The highest BCUT2D eigenvalue weighted by Crippen LogP contribution is 2.70. The first-order valence-electron chi connectivity index (χ1n) is 17.8. The van der Waals surface area contributed by atoms with Crippen molar-refractivity contribution in [2.45, 2.75) is 85.9 Å². The van der Waals surface area contributed by atoms with Crippen molar-refractivity contribution >= 4 is 32.4 Å². The standard InChI is InChI=1S/C43H47NO10S2/c1-31-8-16-39(17-9-31)56(47,48)54-55(36-18-10-33(11-19-36)49-28-32-24-26-44-27-25-32,37-20-12-34(13-21-37)50-29-40(45)52-42(2,3)4)38-22-14-35(15-23-38)51-30-41(46)53-43(5,6)7/h8-27H,28-30H2,1-7H3. The SMILES string of the molecule is Cc1ccc(S(=O)(=O)OS(c2ccc(OCC(=O)OC(C)(C)C)cc2)(c2ccc(OCC(=O)OC(C)(C)C)cc2)c2ccc(OCc3ccncc3)cc2)cc1. The summed E-state index contributed by atoms with van der Waals surface area (Å²) in [5.41, 5.74) is 0.459. The van der Waals surface area contributed by atoms with Gasteiger partial charge in [-0.15, -0.1) is 0 Å². The van der Waals surface area contributed by atoms with E-state index in [9.17, 15) is 18.0 Å². The summed E-state index contributed by atoms with van der Waals surface area (Å²) >= 11 is 0. The van der Waals surface area contributed by atoms with Gasteiger partial charge < -0.3 is 23.7 Å². The number of carbonyl (C=O) groups excluding carboxylic acids is 2. The van der Waals surface area contributed by atoms with Crippen LogP contribution >= 0.6 is 10.3 Å². The molecule has 0 fully saturated rings. The molecule has 0 saturated heterocycles. The molecule has 0 aliphatic rings. The van der Waals surface area contributed by atoms with Crippen LogP contribution in [-0.4, -0.2) is 49.8 Å².